The zero-order valence-electron chi connectivity index (χ0n) is 8.51. The minimum absolute atomic E-state index is 0.215. The molecule has 0 heterocycles. The Labute approximate surface area is 80.5 Å². The largest absolute Gasteiger partial charge is 0.396 e. The Morgan fingerprint density at radius 2 is 2.23 bits per heavy atom. The van der Waals surface area contributed by atoms with Crippen LogP contribution in [-0.4, -0.2) is 38.5 Å². The second kappa shape index (κ2) is 5.58. The molecule has 3 nitrogen and oxygen atoms in total. The van der Waals surface area contributed by atoms with Gasteiger partial charge in [-0.3, -0.25) is 0 Å². The molecular formula is C10H21NO2. The van der Waals surface area contributed by atoms with E-state index in [1.54, 1.807) is 7.11 Å². The van der Waals surface area contributed by atoms with Gasteiger partial charge in [-0.05, 0) is 25.8 Å². The summed E-state index contributed by atoms with van der Waals surface area (Å²) in [5, 5.41) is 12.5. The average molecular weight is 187 g/mol. The quantitative estimate of drug-likeness (QED) is 0.579. The summed E-state index contributed by atoms with van der Waals surface area (Å²) in [5.41, 5.74) is 0.215. The van der Waals surface area contributed by atoms with Crippen LogP contribution in [0.1, 0.15) is 25.7 Å². The van der Waals surface area contributed by atoms with E-state index in [4.69, 9.17) is 4.74 Å². The minimum Gasteiger partial charge on any atom is -0.396 e. The summed E-state index contributed by atoms with van der Waals surface area (Å²) in [7, 11) is 1.72. The van der Waals surface area contributed by atoms with Crippen molar-refractivity contribution in [1.29, 1.82) is 0 Å². The molecule has 1 saturated carbocycles. The minimum atomic E-state index is 0.215. The molecule has 0 atom stereocenters. The maximum atomic E-state index is 9.17. The van der Waals surface area contributed by atoms with Crippen LogP contribution >= 0.6 is 0 Å². The van der Waals surface area contributed by atoms with E-state index >= 15 is 0 Å². The van der Waals surface area contributed by atoms with Crippen LogP contribution in [0, 0.1) is 5.41 Å². The van der Waals surface area contributed by atoms with Crippen LogP contribution < -0.4 is 5.32 Å². The van der Waals surface area contributed by atoms with Gasteiger partial charge in [0.15, 0.2) is 0 Å². The van der Waals surface area contributed by atoms with E-state index in [9.17, 15) is 5.11 Å². The molecule has 0 aromatic heterocycles. The van der Waals surface area contributed by atoms with E-state index in [1.807, 2.05) is 0 Å². The van der Waals surface area contributed by atoms with E-state index in [1.165, 1.54) is 19.3 Å². The number of rotatable bonds is 7. The lowest BCUT2D eigenvalue weighted by Crippen LogP contribution is -2.43. The highest BCUT2D eigenvalue weighted by atomic mass is 16.5. The highest BCUT2D eigenvalue weighted by Crippen LogP contribution is 2.39. The molecule has 2 N–H and O–H groups in total. The summed E-state index contributed by atoms with van der Waals surface area (Å²) in [6.07, 6.45) is 4.69. The Morgan fingerprint density at radius 1 is 1.46 bits per heavy atom. The van der Waals surface area contributed by atoms with Gasteiger partial charge in [0.1, 0.15) is 0 Å². The van der Waals surface area contributed by atoms with Gasteiger partial charge in [-0.1, -0.05) is 6.42 Å². The molecule has 13 heavy (non-hydrogen) atoms. The lowest BCUT2D eigenvalue weighted by Gasteiger charge is -2.40. The van der Waals surface area contributed by atoms with Crippen LogP contribution in [0.2, 0.25) is 0 Å². The van der Waals surface area contributed by atoms with Crippen molar-refractivity contribution in [2.24, 2.45) is 5.41 Å². The molecule has 0 amide bonds. The standard InChI is InChI=1S/C10H21NO2/c1-13-7-3-6-11-8-10(9-12)4-2-5-10/h11-12H,2-9H2,1H3. The van der Waals surface area contributed by atoms with Crippen molar-refractivity contribution in [3.63, 3.8) is 0 Å². The van der Waals surface area contributed by atoms with Gasteiger partial charge in [0.25, 0.3) is 0 Å². The first kappa shape index (κ1) is 11.0. The molecule has 0 radical (unpaired) electrons. The zero-order chi connectivity index (χ0) is 9.57. The lowest BCUT2D eigenvalue weighted by atomic mass is 9.69. The Bertz CT molecular complexity index is 129. The Morgan fingerprint density at radius 3 is 2.69 bits per heavy atom. The van der Waals surface area contributed by atoms with Crippen LogP contribution in [0.5, 0.6) is 0 Å². The molecule has 0 saturated heterocycles. The fourth-order valence-corrected chi connectivity index (χ4v) is 1.76. The summed E-state index contributed by atoms with van der Waals surface area (Å²) >= 11 is 0. The van der Waals surface area contributed by atoms with Crippen LogP contribution in [0.4, 0.5) is 0 Å². The molecule has 1 fully saturated rings. The summed E-state index contributed by atoms with van der Waals surface area (Å²) in [6.45, 7) is 3.12. The van der Waals surface area contributed by atoms with Crippen molar-refractivity contribution in [2.45, 2.75) is 25.7 Å². The topological polar surface area (TPSA) is 41.5 Å². The van der Waals surface area contributed by atoms with Crippen LogP contribution in [-0.2, 0) is 4.74 Å². The van der Waals surface area contributed by atoms with E-state index < -0.39 is 0 Å². The molecule has 1 rings (SSSR count). The third-order valence-electron chi connectivity index (χ3n) is 2.95. The van der Waals surface area contributed by atoms with Gasteiger partial charge >= 0.3 is 0 Å². The highest BCUT2D eigenvalue weighted by molar-refractivity contribution is 4.88. The fourth-order valence-electron chi connectivity index (χ4n) is 1.76. The Balaban J connectivity index is 1.98. The van der Waals surface area contributed by atoms with Gasteiger partial charge in [-0.15, -0.1) is 0 Å². The number of aliphatic hydroxyl groups is 1. The third-order valence-corrected chi connectivity index (χ3v) is 2.95. The predicted molar refractivity (Wildman–Crippen MR) is 52.7 cm³/mol. The van der Waals surface area contributed by atoms with Crippen LogP contribution in [0.15, 0.2) is 0 Å². The number of aliphatic hydroxyl groups excluding tert-OH is 1. The lowest BCUT2D eigenvalue weighted by molar-refractivity contribution is 0.0444. The van der Waals surface area contributed by atoms with Gasteiger partial charge in [-0.2, -0.15) is 0 Å². The fraction of sp³-hybridized carbons (Fsp3) is 1.00. The van der Waals surface area contributed by atoms with Crippen molar-refractivity contribution in [2.75, 3.05) is 33.4 Å². The first-order chi connectivity index (χ1) is 6.33. The molecule has 1 aliphatic rings. The summed E-state index contributed by atoms with van der Waals surface area (Å²) in [6, 6.07) is 0. The maximum absolute atomic E-state index is 9.17. The number of ether oxygens (including phenoxy) is 1. The first-order valence-electron chi connectivity index (χ1n) is 5.13. The zero-order valence-corrected chi connectivity index (χ0v) is 8.51. The molecule has 3 heteroatoms. The average Bonchev–Trinajstić information content (AvgIpc) is 2.09. The van der Waals surface area contributed by atoms with Crippen molar-refractivity contribution >= 4 is 0 Å². The summed E-state index contributed by atoms with van der Waals surface area (Å²) < 4.78 is 4.95. The molecule has 0 spiro atoms. The highest BCUT2D eigenvalue weighted by Gasteiger charge is 2.35. The van der Waals surface area contributed by atoms with Crippen molar-refractivity contribution in [3.8, 4) is 0 Å². The third kappa shape index (κ3) is 3.25. The second-order valence-corrected chi connectivity index (χ2v) is 4.03. The van der Waals surface area contributed by atoms with Gasteiger partial charge in [0.05, 0.1) is 0 Å². The van der Waals surface area contributed by atoms with Crippen molar-refractivity contribution in [3.05, 3.63) is 0 Å². The van der Waals surface area contributed by atoms with Gasteiger partial charge in [0, 0.05) is 32.3 Å². The number of nitrogens with one attached hydrogen (secondary N) is 1. The SMILES string of the molecule is COCCCNCC1(CO)CCC1. The molecule has 0 bridgehead atoms. The van der Waals surface area contributed by atoms with Gasteiger partial charge in [0.2, 0.25) is 0 Å². The van der Waals surface area contributed by atoms with Crippen molar-refractivity contribution in [1.82, 2.24) is 5.32 Å². The number of hydrogen-bond donors (Lipinski definition) is 2. The van der Waals surface area contributed by atoms with E-state index in [2.05, 4.69) is 5.32 Å². The normalized spacial score (nSPS) is 19.8. The van der Waals surface area contributed by atoms with Gasteiger partial charge in [-0.25, -0.2) is 0 Å². The van der Waals surface area contributed by atoms with Crippen LogP contribution in [0.3, 0.4) is 0 Å². The Hall–Kier alpha value is -0.120. The number of methoxy groups -OCH3 is 1. The Kier molecular flexibility index (Phi) is 4.70. The summed E-state index contributed by atoms with van der Waals surface area (Å²) in [4.78, 5) is 0. The molecule has 1 aliphatic carbocycles. The molecule has 0 aromatic rings. The monoisotopic (exact) mass is 187 g/mol. The summed E-state index contributed by atoms with van der Waals surface area (Å²) in [5.74, 6) is 0. The molecule has 0 aliphatic heterocycles. The van der Waals surface area contributed by atoms with E-state index in [-0.39, 0.29) is 5.41 Å². The number of hydrogen-bond acceptors (Lipinski definition) is 3. The van der Waals surface area contributed by atoms with E-state index in [0.29, 0.717) is 6.61 Å². The predicted octanol–water partition coefficient (Wildman–Crippen LogP) is 0.775. The van der Waals surface area contributed by atoms with Gasteiger partial charge < -0.3 is 15.2 Å². The molecule has 0 unspecified atom stereocenters. The maximum Gasteiger partial charge on any atom is 0.0499 e. The first-order valence-corrected chi connectivity index (χ1v) is 5.13. The van der Waals surface area contributed by atoms with E-state index in [0.717, 1.165) is 26.1 Å². The second-order valence-electron chi connectivity index (χ2n) is 4.03. The smallest absolute Gasteiger partial charge is 0.0499 e. The molecule has 78 valence electrons. The van der Waals surface area contributed by atoms with Crippen LogP contribution in [0.25, 0.3) is 0 Å². The molecular weight excluding hydrogens is 166 g/mol. The molecule has 0 aromatic carbocycles. The van der Waals surface area contributed by atoms with Crippen molar-refractivity contribution < 1.29 is 9.84 Å².